The smallest absolute Gasteiger partial charge is 0.163 e. The summed E-state index contributed by atoms with van der Waals surface area (Å²) in [7, 11) is 0. The van der Waals surface area contributed by atoms with Crippen LogP contribution in [0.3, 0.4) is 0 Å². The molecule has 1 aromatic heterocycles. The van der Waals surface area contributed by atoms with E-state index in [0.29, 0.717) is 12.3 Å². The van der Waals surface area contributed by atoms with Gasteiger partial charge in [0.25, 0.3) is 0 Å². The largest absolute Gasteiger partial charge is 0.494 e. The van der Waals surface area contributed by atoms with Crippen molar-refractivity contribution in [2.45, 2.75) is 13.8 Å². The number of hydrogen-bond donors (Lipinski definition) is 0. The summed E-state index contributed by atoms with van der Waals surface area (Å²) in [5.74, 6) is 0.832. The van der Waals surface area contributed by atoms with Crippen LogP contribution in [0.1, 0.15) is 18.2 Å². The molecule has 3 aromatic rings. The van der Waals surface area contributed by atoms with Gasteiger partial charge < -0.3 is 4.74 Å². The maximum atomic E-state index is 9.18. The van der Waals surface area contributed by atoms with Crippen LogP contribution < -0.4 is 4.74 Å². The van der Waals surface area contributed by atoms with Crippen LogP contribution in [0.15, 0.2) is 54.6 Å². The molecule has 0 unspecified atom stereocenters. The number of aromatic nitrogens is 2. The van der Waals surface area contributed by atoms with Crippen LogP contribution in [0, 0.1) is 18.3 Å². The van der Waals surface area contributed by atoms with E-state index in [9.17, 15) is 5.26 Å². The highest BCUT2D eigenvalue weighted by Crippen LogP contribution is 2.26. The second-order valence-corrected chi connectivity index (χ2v) is 5.23. The van der Waals surface area contributed by atoms with Crippen molar-refractivity contribution in [2.24, 2.45) is 0 Å². The van der Waals surface area contributed by atoms with E-state index in [2.05, 4.69) is 11.2 Å². The highest BCUT2D eigenvalue weighted by molar-refractivity contribution is 5.64. The van der Waals surface area contributed by atoms with Gasteiger partial charge >= 0.3 is 0 Å². The standard InChI is InChI=1S/C19H17N3O/c1-3-23-18-10-6-15(7-11-18)19-12-16(13-20)21-22(19)17-8-4-14(2)5-9-17/h4-12H,3H2,1-2H3. The lowest BCUT2D eigenvalue weighted by Gasteiger charge is -2.09. The molecule has 0 aliphatic rings. The molecule has 0 aliphatic heterocycles. The van der Waals surface area contributed by atoms with Crippen LogP contribution in [0.4, 0.5) is 0 Å². The second kappa shape index (κ2) is 6.37. The highest BCUT2D eigenvalue weighted by Gasteiger charge is 2.11. The Morgan fingerprint density at radius 1 is 1.09 bits per heavy atom. The van der Waals surface area contributed by atoms with Gasteiger partial charge in [0, 0.05) is 11.6 Å². The van der Waals surface area contributed by atoms with Crippen molar-refractivity contribution in [1.82, 2.24) is 9.78 Å². The van der Waals surface area contributed by atoms with Gasteiger partial charge in [0.15, 0.2) is 5.69 Å². The Bertz CT molecular complexity index is 840. The lowest BCUT2D eigenvalue weighted by Crippen LogP contribution is -1.99. The maximum Gasteiger partial charge on any atom is 0.163 e. The molecular weight excluding hydrogens is 286 g/mol. The van der Waals surface area contributed by atoms with Gasteiger partial charge in [0.2, 0.25) is 0 Å². The molecule has 23 heavy (non-hydrogen) atoms. The van der Waals surface area contributed by atoms with Crippen LogP contribution >= 0.6 is 0 Å². The van der Waals surface area contributed by atoms with Crippen molar-refractivity contribution >= 4 is 0 Å². The van der Waals surface area contributed by atoms with E-state index < -0.39 is 0 Å². The van der Waals surface area contributed by atoms with Crippen LogP contribution in [-0.2, 0) is 0 Å². The number of benzene rings is 2. The molecule has 0 saturated heterocycles. The van der Waals surface area contributed by atoms with Crippen molar-refractivity contribution in [3.05, 3.63) is 65.9 Å². The molecular formula is C19H17N3O. The average molecular weight is 303 g/mol. The van der Waals surface area contributed by atoms with E-state index in [1.807, 2.05) is 62.4 Å². The molecule has 0 atom stereocenters. The predicted octanol–water partition coefficient (Wildman–Crippen LogP) is 4.12. The number of aryl methyl sites for hydroxylation is 1. The fraction of sp³-hybridized carbons (Fsp3) is 0.158. The molecule has 3 rings (SSSR count). The Hall–Kier alpha value is -3.06. The topological polar surface area (TPSA) is 50.8 Å². The monoisotopic (exact) mass is 303 g/mol. The Morgan fingerprint density at radius 3 is 2.39 bits per heavy atom. The zero-order valence-corrected chi connectivity index (χ0v) is 13.2. The molecule has 1 heterocycles. The van der Waals surface area contributed by atoms with Crippen molar-refractivity contribution in [1.29, 1.82) is 5.26 Å². The number of hydrogen-bond acceptors (Lipinski definition) is 3. The summed E-state index contributed by atoms with van der Waals surface area (Å²) in [6.07, 6.45) is 0. The summed E-state index contributed by atoms with van der Waals surface area (Å²) < 4.78 is 7.28. The quantitative estimate of drug-likeness (QED) is 0.728. The molecule has 0 spiro atoms. The van der Waals surface area contributed by atoms with Gasteiger partial charge in [0.1, 0.15) is 11.8 Å². The Balaban J connectivity index is 2.06. The van der Waals surface area contributed by atoms with Gasteiger partial charge in [-0.3, -0.25) is 0 Å². The molecule has 0 fully saturated rings. The number of nitriles is 1. The molecule has 2 aromatic carbocycles. The maximum absolute atomic E-state index is 9.18. The first-order chi connectivity index (χ1) is 11.2. The van der Waals surface area contributed by atoms with Gasteiger partial charge in [-0.2, -0.15) is 10.4 Å². The molecule has 114 valence electrons. The van der Waals surface area contributed by atoms with Crippen molar-refractivity contribution in [2.75, 3.05) is 6.61 Å². The van der Waals surface area contributed by atoms with Crippen LogP contribution in [-0.4, -0.2) is 16.4 Å². The summed E-state index contributed by atoms with van der Waals surface area (Å²) in [4.78, 5) is 0. The minimum Gasteiger partial charge on any atom is -0.494 e. The van der Waals surface area contributed by atoms with E-state index in [-0.39, 0.29) is 0 Å². The Kier molecular flexibility index (Phi) is 4.11. The SMILES string of the molecule is CCOc1ccc(-c2cc(C#N)nn2-c2ccc(C)cc2)cc1. The molecule has 0 aliphatic carbocycles. The average Bonchev–Trinajstić information content (AvgIpc) is 3.01. The highest BCUT2D eigenvalue weighted by atomic mass is 16.5. The van der Waals surface area contributed by atoms with Crippen molar-refractivity contribution in [3.8, 4) is 28.8 Å². The zero-order valence-electron chi connectivity index (χ0n) is 13.2. The number of ether oxygens (including phenoxy) is 1. The van der Waals surface area contributed by atoms with Gasteiger partial charge in [0.05, 0.1) is 18.0 Å². The summed E-state index contributed by atoms with van der Waals surface area (Å²) in [6, 6.07) is 19.8. The first-order valence-electron chi connectivity index (χ1n) is 7.51. The van der Waals surface area contributed by atoms with Crippen molar-refractivity contribution in [3.63, 3.8) is 0 Å². The minimum atomic E-state index is 0.398. The Morgan fingerprint density at radius 2 is 1.78 bits per heavy atom. The van der Waals surface area contributed by atoms with Gasteiger partial charge in [-0.05, 0) is 50.2 Å². The summed E-state index contributed by atoms with van der Waals surface area (Å²) in [5.41, 5.74) is 4.39. The fourth-order valence-corrected chi connectivity index (χ4v) is 2.41. The van der Waals surface area contributed by atoms with E-state index in [0.717, 1.165) is 22.7 Å². The first kappa shape index (κ1) is 14.9. The molecule has 4 nitrogen and oxygen atoms in total. The van der Waals surface area contributed by atoms with Gasteiger partial charge in [-0.25, -0.2) is 4.68 Å². The lowest BCUT2D eigenvalue weighted by atomic mass is 10.1. The third-order valence-corrected chi connectivity index (χ3v) is 3.56. The molecule has 0 saturated carbocycles. The third-order valence-electron chi connectivity index (χ3n) is 3.56. The lowest BCUT2D eigenvalue weighted by molar-refractivity contribution is 0.340. The summed E-state index contributed by atoms with van der Waals surface area (Å²) in [6.45, 7) is 4.64. The van der Waals surface area contributed by atoms with E-state index >= 15 is 0 Å². The van der Waals surface area contributed by atoms with Crippen LogP contribution in [0.5, 0.6) is 5.75 Å². The first-order valence-corrected chi connectivity index (χ1v) is 7.51. The predicted molar refractivity (Wildman–Crippen MR) is 89.6 cm³/mol. The molecule has 4 heteroatoms. The van der Waals surface area contributed by atoms with E-state index in [1.54, 1.807) is 10.7 Å². The fourth-order valence-electron chi connectivity index (χ4n) is 2.41. The van der Waals surface area contributed by atoms with E-state index in [4.69, 9.17) is 4.74 Å². The summed E-state index contributed by atoms with van der Waals surface area (Å²) >= 11 is 0. The van der Waals surface area contributed by atoms with Gasteiger partial charge in [-0.1, -0.05) is 17.7 Å². The Labute approximate surface area is 135 Å². The summed E-state index contributed by atoms with van der Waals surface area (Å²) in [5, 5.41) is 13.6. The minimum absolute atomic E-state index is 0.398. The number of nitrogens with zero attached hydrogens (tertiary/aromatic N) is 3. The van der Waals surface area contributed by atoms with Gasteiger partial charge in [-0.15, -0.1) is 0 Å². The van der Waals surface area contributed by atoms with E-state index in [1.165, 1.54) is 5.56 Å². The van der Waals surface area contributed by atoms with Crippen LogP contribution in [0.2, 0.25) is 0 Å². The second-order valence-electron chi connectivity index (χ2n) is 5.23. The third kappa shape index (κ3) is 3.09. The zero-order chi connectivity index (χ0) is 16.2. The molecule has 0 bridgehead atoms. The molecule has 0 radical (unpaired) electrons. The molecule has 0 amide bonds. The number of rotatable bonds is 4. The molecule has 0 N–H and O–H groups in total. The normalized spacial score (nSPS) is 10.3. The van der Waals surface area contributed by atoms with Crippen molar-refractivity contribution < 1.29 is 4.74 Å². The van der Waals surface area contributed by atoms with Crippen LogP contribution in [0.25, 0.3) is 16.9 Å².